The SMILES string of the molecule is C[C@H](C(=O)NC1CCCC1)N(Cc1ccc(F)cc1)C(=O)Cc1cccc(Cl)c1. The topological polar surface area (TPSA) is 49.4 Å². The lowest BCUT2D eigenvalue weighted by Crippen LogP contribution is -2.50. The molecule has 0 heterocycles. The maximum atomic E-state index is 13.3. The highest BCUT2D eigenvalue weighted by molar-refractivity contribution is 6.30. The van der Waals surface area contributed by atoms with Crippen molar-refractivity contribution in [2.45, 2.75) is 57.7 Å². The van der Waals surface area contributed by atoms with Gasteiger partial charge in [0, 0.05) is 17.6 Å². The first-order chi connectivity index (χ1) is 13.9. The zero-order chi connectivity index (χ0) is 20.8. The molecule has 4 nitrogen and oxygen atoms in total. The van der Waals surface area contributed by atoms with E-state index in [1.54, 1.807) is 42.2 Å². The fraction of sp³-hybridized carbons (Fsp3) is 0.391. The highest BCUT2D eigenvalue weighted by atomic mass is 35.5. The minimum Gasteiger partial charge on any atom is -0.352 e. The summed E-state index contributed by atoms with van der Waals surface area (Å²) < 4.78 is 13.3. The van der Waals surface area contributed by atoms with Crippen molar-refractivity contribution < 1.29 is 14.0 Å². The molecule has 0 aromatic heterocycles. The average molecular weight is 417 g/mol. The van der Waals surface area contributed by atoms with Gasteiger partial charge in [0.05, 0.1) is 6.42 Å². The minimum atomic E-state index is -0.632. The summed E-state index contributed by atoms with van der Waals surface area (Å²) in [4.78, 5) is 27.5. The molecule has 6 heteroatoms. The Labute approximate surface area is 176 Å². The molecule has 3 rings (SSSR count). The summed E-state index contributed by atoms with van der Waals surface area (Å²) in [5, 5.41) is 3.63. The van der Waals surface area contributed by atoms with Crippen LogP contribution in [0.2, 0.25) is 5.02 Å². The number of carbonyl (C=O) groups is 2. The summed E-state index contributed by atoms with van der Waals surface area (Å²) >= 11 is 6.04. The molecule has 2 amide bonds. The molecule has 1 atom stereocenters. The quantitative estimate of drug-likeness (QED) is 0.722. The first kappa shape index (κ1) is 21.3. The Morgan fingerprint density at radius 1 is 1.14 bits per heavy atom. The van der Waals surface area contributed by atoms with Gasteiger partial charge in [-0.25, -0.2) is 4.39 Å². The maximum Gasteiger partial charge on any atom is 0.242 e. The van der Waals surface area contributed by atoms with Crippen LogP contribution >= 0.6 is 11.6 Å². The Balaban J connectivity index is 1.76. The molecule has 1 N–H and O–H groups in total. The Hall–Kier alpha value is -2.40. The number of rotatable bonds is 7. The molecule has 1 saturated carbocycles. The molecule has 154 valence electrons. The highest BCUT2D eigenvalue weighted by Crippen LogP contribution is 2.19. The molecule has 1 fully saturated rings. The first-order valence-corrected chi connectivity index (χ1v) is 10.4. The zero-order valence-corrected chi connectivity index (χ0v) is 17.3. The Kier molecular flexibility index (Phi) is 7.26. The van der Waals surface area contributed by atoms with Crippen LogP contribution in [0.15, 0.2) is 48.5 Å². The van der Waals surface area contributed by atoms with Crippen molar-refractivity contribution in [3.05, 3.63) is 70.5 Å². The van der Waals surface area contributed by atoms with E-state index in [4.69, 9.17) is 11.6 Å². The Morgan fingerprint density at radius 3 is 2.48 bits per heavy atom. The van der Waals surface area contributed by atoms with Crippen LogP contribution in [0.3, 0.4) is 0 Å². The van der Waals surface area contributed by atoms with Crippen molar-refractivity contribution in [2.24, 2.45) is 0 Å². The van der Waals surface area contributed by atoms with E-state index in [1.165, 1.54) is 12.1 Å². The third kappa shape index (κ3) is 6.04. The van der Waals surface area contributed by atoms with Gasteiger partial charge in [0.2, 0.25) is 11.8 Å². The van der Waals surface area contributed by atoms with Gasteiger partial charge in [-0.05, 0) is 55.2 Å². The summed E-state index contributed by atoms with van der Waals surface area (Å²) in [7, 11) is 0. The molecule has 0 bridgehead atoms. The summed E-state index contributed by atoms with van der Waals surface area (Å²) in [6.45, 7) is 1.97. The largest absolute Gasteiger partial charge is 0.352 e. The van der Waals surface area contributed by atoms with Gasteiger partial charge >= 0.3 is 0 Å². The van der Waals surface area contributed by atoms with Crippen molar-refractivity contribution in [3.63, 3.8) is 0 Å². The molecule has 1 aliphatic carbocycles. The van der Waals surface area contributed by atoms with E-state index in [9.17, 15) is 14.0 Å². The van der Waals surface area contributed by atoms with Gasteiger partial charge in [0.25, 0.3) is 0 Å². The molecule has 29 heavy (non-hydrogen) atoms. The van der Waals surface area contributed by atoms with E-state index in [0.717, 1.165) is 36.8 Å². The lowest BCUT2D eigenvalue weighted by atomic mass is 10.1. The predicted octanol–water partition coefficient (Wildman–Crippen LogP) is 4.50. The van der Waals surface area contributed by atoms with Crippen LogP contribution < -0.4 is 5.32 Å². The lowest BCUT2D eigenvalue weighted by molar-refractivity contribution is -0.140. The van der Waals surface area contributed by atoms with Crippen molar-refractivity contribution in [1.29, 1.82) is 0 Å². The molecule has 2 aromatic carbocycles. The smallest absolute Gasteiger partial charge is 0.242 e. The molecule has 0 aliphatic heterocycles. The summed E-state index contributed by atoms with van der Waals surface area (Å²) in [5.74, 6) is -0.665. The average Bonchev–Trinajstić information content (AvgIpc) is 3.20. The number of carbonyl (C=O) groups excluding carboxylic acids is 2. The van der Waals surface area contributed by atoms with E-state index in [2.05, 4.69) is 5.32 Å². The number of benzene rings is 2. The summed E-state index contributed by atoms with van der Waals surface area (Å²) in [6, 6.07) is 12.7. The number of amides is 2. The monoisotopic (exact) mass is 416 g/mol. The van der Waals surface area contributed by atoms with Crippen molar-refractivity contribution in [3.8, 4) is 0 Å². The van der Waals surface area contributed by atoms with Crippen LogP contribution in [0.25, 0.3) is 0 Å². The normalized spacial score (nSPS) is 15.1. The fourth-order valence-electron chi connectivity index (χ4n) is 3.68. The van der Waals surface area contributed by atoms with Gasteiger partial charge in [-0.2, -0.15) is 0 Å². The standard InChI is InChI=1S/C23H26ClFN2O2/c1-16(23(29)26-21-7-2-3-8-21)27(15-17-9-11-20(25)12-10-17)22(28)14-18-5-4-6-19(24)13-18/h4-6,9-13,16,21H,2-3,7-8,14-15H2,1H3,(H,26,29)/t16-/m1/s1. The number of nitrogens with zero attached hydrogens (tertiary/aromatic N) is 1. The molecule has 0 saturated heterocycles. The van der Waals surface area contributed by atoms with Gasteiger partial charge in [-0.15, -0.1) is 0 Å². The van der Waals surface area contributed by atoms with E-state index < -0.39 is 6.04 Å². The molecule has 2 aromatic rings. The Bertz CT molecular complexity index is 850. The van der Waals surface area contributed by atoms with Crippen LogP contribution in [0.5, 0.6) is 0 Å². The maximum absolute atomic E-state index is 13.3. The minimum absolute atomic E-state index is 0.142. The lowest BCUT2D eigenvalue weighted by Gasteiger charge is -2.30. The van der Waals surface area contributed by atoms with E-state index in [-0.39, 0.29) is 36.6 Å². The molecule has 0 unspecified atom stereocenters. The summed E-state index contributed by atoms with van der Waals surface area (Å²) in [5.41, 5.74) is 1.56. The molecule has 1 aliphatic rings. The third-order valence-electron chi connectivity index (χ3n) is 5.38. The second kappa shape index (κ2) is 9.88. The van der Waals surface area contributed by atoms with Crippen molar-refractivity contribution in [2.75, 3.05) is 0 Å². The van der Waals surface area contributed by atoms with Crippen molar-refractivity contribution >= 4 is 23.4 Å². The second-order valence-corrected chi connectivity index (χ2v) is 8.06. The Morgan fingerprint density at radius 2 is 1.83 bits per heavy atom. The zero-order valence-electron chi connectivity index (χ0n) is 16.5. The van der Waals surface area contributed by atoms with Gasteiger partial charge in [0.1, 0.15) is 11.9 Å². The fourth-order valence-corrected chi connectivity index (χ4v) is 3.90. The van der Waals surface area contributed by atoms with E-state index >= 15 is 0 Å². The summed E-state index contributed by atoms with van der Waals surface area (Å²) in [6.07, 6.45) is 4.33. The van der Waals surface area contributed by atoms with Gasteiger partial charge in [0.15, 0.2) is 0 Å². The number of nitrogens with one attached hydrogen (secondary N) is 1. The van der Waals surface area contributed by atoms with Crippen LogP contribution in [0.4, 0.5) is 4.39 Å². The van der Waals surface area contributed by atoms with Crippen LogP contribution in [0, 0.1) is 5.82 Å². The van der Waals surface area contributed by atoms with Crippen LogP contribution in [-0.2, 0) is 22.6 Å². The molecule has 0 spiro atoms. The molecule has 0 radical (unpaired) electrons. The van der Waals surface area contributed by atoms with Gasteiger partial charge in [-0.3, -0.25) is 9.59 Å². The molecular weight excluding hydrogens is 391 g/mol. The van der Waals surface area contributed by atoms with Crippen LogP contribution in [0.1, 0.15) is 43.7 Å². The van der Waals surface area contributed by atoms with Gasteiger partial charge in [-0.1, -0.05) is 48.7 Å². The second-order valence-electron chi connectivity index (χ2n) is 7.62. The predicted molar refractivity (Wildman–Crippen MR) is 112 cm³/mol. The number of halogens is 2. The van der Waals surface area contributed by atoms with Gasteiger partial charge < -0.3 is 10.2 Å². The molecular formula is C23H26ClFN2O2. The van der Waals surface area contributed by atoms with Crippen molar-refractivity contribution in [1.82, 2.24) is 10.2 Å². The number of hydrogen-bond donors (Lipinski definition) is 1. The highest BCUT2D eigenvalue weighted by Gasteiger charge is 2.28. The first-order valence-electron chi connectivity index (χ1n) is 10.0. The van der Waals surface area contributed by atoms with Crippen LogP contribution in [-0.4, -0.2) is 28.8 Å². The number of hydrogen-bond acceptors (Lipinski definition) is 2. The van der Waals surface area contributed by atoms with E-state index in [1.807, 2.05) is 6.07 Å². The van der Waals surface area contributed by atoms with E-state index in [0.29, 0.717) is 5.02 Å². The third-order valence-corrected chi connectivity index (χ3v) is 5.61.